The van der Waals surface area contributed by atoms with Crippen LogP contribution in [0.2, 0.25) is 0 Å². The van der Waals surface area contributed by atoms with E-state index in [9.17, 15) is 15.0 Å². The van der Waals surface area contributed by atoms with Crippen LogP contribution in [0.3, 0.4) is 0 Å². The first kappa shape index (κ1) is 17.2. The fourth-order valence-electron chi connectivity index (χ4n) is 2.47. The maximum absolute atomic E-state index is 12.2. The van der Waals surface area contributed by atoms with E-state index in [1.165, 1.54) is 29.5 Å². The number of aromatic hydroxyl groups is 2. The summed E-state index contributed by atoms with van der Waals surface area (Å²) in [5.41, 5.74) is 1.92. The van der Waals surface area contributed by atoms with Gasteiger partial charge in [0.1, 0.15) is 22.2 Å². The van der Waals surface area contributed by atoms with Gasteiger partial charge < -0.3 is 14.6 Å². The fourth-order valence-corrected chi connectivity index (χ4v) is 3.38. The number of phenols is 1. The molecule has 0 fully saturated rings. The summed E-state index contributed by atoms with van der Waals surface area (Å²) < 4.78 is 5.35. The van der Waals surface area contributed by atoms with Crippen molar-refractivity contribution < 1.29 is 14.6 Å². The zero-order valence-electron chi connectivity index (χ0n) is 13.7. The predicted octanol–water partition coefficient (Wildman–Crippen LogP) is 4.36. The summed E-state index contributed by atoms with van der Waals surface area (Å²) in [5.74, 6) is 1.02. The number of thioether (sulfide) groups is 1. The Bertz CT molecular complexity index is 932. The molecule has 2 N–H and O–H groups in total. The van der Waals surface area contributed by atoms with Gasteiger partial charge in [0.2, 0.25) is 0 Å². The highest BCUT2D eigenvalue weighted by Crippen LogP contribution is 2.31. The molecule has 0 aliphatic rings. The third kappa shape index (κ3) is 4.06. The van der Waals surface area contributed by atoms with E-state index < -0.39 is 5.63 Å². The van der Waals surface area contributed by atoms with Gasteiger partial charge in [-0.3, -0.25) is 0 Å². The lowest BCUT2D eigenvalue weighted by Crippen LogP contribution is -2.04. The van der Waals surface area contributed by atoms with Crippen LogP contribution in [-0.2, 0) is 6.42 Å². The van der Waals surface area contributed by atoms with Crippen LogP contribution in [0.1, 0.15) is 11.1 Å². The first-order valence-corrected chi connectivity index (χ1v) is 8.87. The summed E-state index contributed by atoms with van der Waals surface area (Å²) in [6.07, 6.45) is 0.795. The molecule has 0 unspecified atom stereocenters. The molecule has 0 spiro atoms. The first-order chi connectivity index (χ1) is 12.0. The molecule has 0 saturated heterocycles. The standard InChI is InChI=1S/C20H18O4S/c1-13-11-15(7-8-16(13)21)18-12-17(22)19(20(23)24-18)25-10-9-14-5-3-2-4-6-14/h2-8,11-12,21-22H,9-10H2,1H3. The number of aryl methyl sites for hydroxylation is 2. The molecular formula is C20H18O4S. The van der Waals surface area contributed by atoms with Crippen LogP contribution < -0.4 is 5.63 Å². The van der Waals surface area contributed by atoms with E-state index in [-0.39, 0.29) is 22.2 Å². The molecule has 0 amide bonds. The summed E-state index contributed by atoms with van der Waals surface area (Å²) in [4.78, 5) is 12.4. The highest BCUT2D eigenvalue weighted by Gasteiger charge is 2.13. The molecule has 2 aromatic carbocycles. The maximum Gasteiger partial charge on any atom is 0.353 e. The van der Waals surface area contributed by atoms with Crippen LogP contribution in [0, 0.1) is 6.92 Å². The second kappa shape index (κ2) is 7.49. The molecule has 1 aromatic heterocycles. The average Bonchev–Trinajstić information content (AvgIpc) is 2.60. The van der Waals surface area contributed by atoms with Gasteiger partial charge in [-0.05, 0) is 42.7 Å². The molecule has 1 heterocycles. The molecule has 3 aromatic rings. The molecule has 3 rings (SSSR count). The van der Waals surface area contributed by atoms with E-state index in [1.807, 2.05) is 30.3 Å². The van der Waals surface area contributed by atoms with Gasteiger partial charge in [-0.2, -0.15) is 0 Å². The minimum absolute atomic E-state index is 0.0879. The van der Waals surface area contributed by atoms with Crippen molar-refractivity contribution in [3.05, 3.63) is 76.1 Å². The van der Waals surface area contributed by atoms with Crippen molar-refractivity contribution in [2.75, 3.05) is 5.75 Å². The Morgan fingerprint density at radius 2 is 1.76 bits per heavy atom. The third-order valence-corrected chi connectivity index (χ3v) is 4.92. The van der Waals surface area contributed by atoms with Crippen molar-refractivity contribution in [1.82, 2.24) is 0 Å². The molecule has 128 valence electrons. The highest BCUT2D eigenvalue weighted by molar-refractivity contribution is 7.99. The molecule has 0 bridgehead atoms. The van der Waals surface area contributed by atoms with Crippen molar-refractivity contribution in [3.8, 4) is 22.8 Å². The summed E-state index contributed by atoms with van der Waals surface area (Å²) in [6.45, 7) is 1.75. The quantitative estimate of drug-likeness (QED) is 0.666. The lowest BCUT2D eigenvalue weighted by Gasteiger charge is -2.07. The van der Waals surface area contributed by atoms with Crippen molar-refractivity contribution in [3.63, 3.8) is 0 Å². The van der Waals surface area contributed by atoms with Crippen molar-refractivity contribution in [1.29, 1.82) is 0 Å². The molecule has 4 nitrogen and oxygen atoms in total. The van der Waals surface area contributed by atoms with E-state index >= 15 is 0 Å². The minimum Gasteiger partial charge on any atom is -0.508 e. The normalized spacial score (nSPS) is 10.8. The summed E-state index contributed by atoms with van der Waals surface area (Å²) >= 11 is 1.28. The minimum atomic E-state index is -0.557. The monoisotopic (exact) mass is 354 g/mol. The molecule has 0 atom stereocenters. The number of phenolic OH excluding ortho intramolecular Hbond substituents is 1. The van der Waals surface area contributed by atoms with Crippen LogP contribution in [0.4, 0.5) is 0 Å². The lowest BCUT2D eigenvalue weighted by atomic mass is 10.1. The number of benzene rings is 2. The summed E-state index contributed by atoms with van der Waals surface area (Å²) in [6, 6.07) is 16.3. The van der Waals surface area contributed by atoms with Gasteiger partial charge in [0.05, 0.1) is 0 Å². The zero-order chi connectivity index (χ0) is 17.8. The van der Waals surface area contributed by atoms with Crippen LogP contribution in [0.15, 0.2) is 68.7 Å². The lowest BCUT2D eigenvalue weighted by molar-refractivity contribution is 0.430. The van der Waals surface area contributed by atoms with E-state index in [0.717, 1.165) is 6.42 Å². The molecule has 25 heavy (non-hydrogen) atoms. The van der Waals surface area contributed by atoms with Crippen molar-refractivity contribution in [2.45, 2.75) is 18.2 Å². The summed E-state index contributed by atoms with van der Waals surface area (Å²) in [7, 11) is 0. The van der Waals surface area contributed by atoms with E-state index in [4.69, 9.17) is 4.42 Å². The fraction of sp³-hybridized carbons (Fsp3) is 0.150. The molecular weight excluding hydrogens is 336 g/mol. The Balaban J connectivity index is 1.78. The predicted molar refractivity (Wildman–Crippen MR) is 99.4 cm³/mol. The first-order valence-electron chi connectivity index (χ1n) is 7.88. The Labute approximate surface area is 149 Å². The van der Waals surface area contributed by atoms with Crippen molar-refractivity contribution in [2.24, 2.45) is 0 Å². The van der Waals surface area contributed by atoms with Gasteiger partial charge in [0, 0.05) is 17.4 Å². The van der Waals surface area contributed by atoms with Crippen LogP contribution >= 0.6 is 11.8 Å². The van der Waals surface area contributed by atoms with E-state index in [0.29, 0.717) is 16.9 Å². The Kier molecular flexibility index (Phi) is 5.14. The Morgan fingerprint density at radius 1 is 1.00 bits per heavy atom. The van der Waals surface area contributed by atoms with Gasteiger partial charge in [0.15, 0.2) is 0 Å². The Hall–Kier alpha value is -2.66. The van der Waals surface area contributed by atoms with Gasteiger partial charge in [-0.25, -0.2) is 4.79 Å². The summed E-state index contributed by atoms with van der Waals surface area (Å²) in [5, 5.41) is 19.8. The van der Waals surface area contributed by atoms with Gasteiger partial charge in [-0.1, -0.05) is 30.3 Å². The number of hydrogen-bond acceptors (Lipinski definition) is 5. The largest absolute Gasteiger partial charge is 0.508 e. The number of hydrogen-bond donors (Lipinski definition) is 2. The molecule has 0 aliphatic carbocycles. The average molecular weight is 354 g/mol. The van der Waals surface area contributed by atoms with Gasteiger partial charge in [0.25, 0.3) is 0 Å². The van der Waals surface area contributed by atoms with Crippen LogP contribution in [0.25, 0.3) is 11.3 Å². The topological polar surface area (TPSA) is 70.7 Å². The smallest absolute Gasteiger partial charge is 0.353 e. The van der Waals surface area contributed by atoms with Gasteiger partial charge >= 0.3 is 5.63 Å². The second-order valence-corrected chi connectivity index (χ2v) is 6.80. The second-order valence-electron chi connectivity index (χ2n) is 5.70. The molecule has 0 saturated carbocycles. The van der Waals surface area contributed by atoms with Gasteiger partial charge in [-0.15, -0.1) is 11.8 Å². The van der Waals surface area contributed by atoms with Crippen LogP contribution in [0.5, 0.6) is 11.5 Å². The van der Waals surface area contributed by atoms with E-state index in [1.54, 1.807) is 19.1 Å². The molecule has 5 heteroatoms. The maximum atomic E-state index is 12.2. The SMILES string of the molecule is Cc1cc(-c2cc(O)c(SCCc3ccccc3)c(=O)o2)ccc1O. The third-order valence-electron chi connectivity index (χ3n) is 3.85. The van der Waals surface area contributed by atoms with Crippen LogP contribution in [-0.4, -0.2) is 16.0 Å². The van der Waals surface area contributed by atoms with E-state index in [2.05, 4.69) is 0 Å². The Morgan fingerprint density at radius 3 is 2.44 bits per heavy atom. The zero-order valence-corrected chi connectivity index (χ0v) is 14.5. The molecule has 0 radical (unpaired) electrons. The highest BCUT2D eigenvalue weighted by atomic mass is 32.2. The van der Waals surface area contributed by atoms with Crippen molar-refractivity contribution >= 4 is 11.8 Å². The molecule has 0 aliphatic heterocycles. The number of rotatable bonds is 5.